The van der Waals surface area contributed by atoms with E-state index < -0.39 is 9.84 Å². The van der Waals surface area contributed by atoms with Crippen LogP contribution in [0, 0.1) is 0 Å². The highest BCUT2D eigenvalue weighted by Crippen LogP contribution is 2.31. The quantitative estimate of drug-likeness (QED) is 0.587. The second-order valence-electron chi connectivity index (χ2n) is 7.74. The van der Waals surface area contributed by atoms with Crippen LogP contribution in [-0.2, 0) is 21.2 Å². The number of aromatic nitrogens is 2. The molecule has 1 saturated heterocycles. The number of hydrogen-bond donors (Lipinski definition) is 1. The Balaban J connectivity index is 1.35. The Morgan fingerprint density at radius 1 is 1.23 bits per heavy atom. The molecule has 30 heavy (non-hydrogen) atoms. The maximum Gasteiger partial charge on any atom is 0.233 e. The molecule has 1 aliphatic carbocycles. The molecule has 0 radical (unpaired) electrons. The molecule has 8 nitrogen and oxygen atoms in total. The zero-order chi connectivity index (χ0) is 21.0. The summed E-state index contributed by atoms with van der Waals surface area (Å²) < 4.78 is 30.0. The Morgan fingerprint density at radius 2 is 2.07 bits per heavy atom. The van der Waals surface area contributed by atoms with Gasteiger partial charge in [-0.25, -0.2) is 8.42 Å². The average molecular weight is 471 g/mol. The first kappa shape index (κ1) is 21.6. The zero-order valence-corrected chi connectivity index (χ0v) is 19.1. The van der Waals surface area contributed by atoms with Gasteiger partial charge in [-0.1, -0.05) is 42.4 Å². The Kier molecular flexibility index (Phi) is 6.99. The Morgan fingerprint density at radius 3 is 2.77 bits per heavy atom. The molecule has 11 heteroatoms. The number of sulfone groups is 1. The third kappa shape index (κ3) is 5.55. The number of rotatable bonds is 8. The van der Waals surface area contributed by atoms with Crippen LogP contribution in [0.1, 0.15) is 44.3 Å². The summed E-state index contributed by atoms with van der Waals surface area (Å²) >= 11 is 2.76. The van der Waals surface area contributed by atoms with Gasteiger partial charge in [0, 0.05) is 12.1 Å². The van der Waals surface area contributed by atoms with Gasteiger partial charge < -0.3 is 14.6 Å². The number of nitrogens with one attached hydrogen (secondary N) is 1. The minimum atomic E-state index is -3.04. The number of amides is 1. The van der Waals surface area contributed by atoms with Crippen molar-refractivity contribution in [2.24, 2.45) is 0 Å². The van der Waals surface area contributed by atoms with Crippen molar-refractivity contribution in [1.29, 1.82) is 0 Å². The molecule has 164 valence electrons. The number of hydrogen-bond acceptors (Lipinski definition) is 9. The van der Waals surface area contributed by atoms with Crippen molar-refractivity contribution in [3.05, 3.63) is 24.2 Å². The third-order valence-corrected chi connectivity index (χ3v) is 9.33. The molecule has 1 N–H and O–H groups in total. The van der Waals surface area contributed by atoms with Crippen molar-refractivity contribution >= 4 is 44.0 Å². The topological polar surface area (TPSA) is 105 Å². The first-order valence-corrected chi connectivity index (χ1v) is 13.9. The molecule has 1 saturated carbocycles. The molecule has 1 amide bonds. The number of thioether (sulfide) groups is 1. The Bertz CT molecular complexity index is 939. The van der Waals surface area contributed by atoms with Gasteiger partial charge >= 0.3 is 0 Å². The SMILES string of the molecule is O=C(CSc1nnc(NCc2ccco2)s1)N(C1CCCCC1)C1CCS(=O)(=O)C1. The van der Waals surface area contributed by atoms with E-state index >= 15 is 0 Å². The van der Waals surface area contributed by atoms with Crippen LogP contribution in [-0.4, -0.2) is 58.8 Å². The summed E-state index contributed by atoms with van der Waals surface area (Å²) in [7, 11) is -3.04. The number of furan rings is 1. The number of carbonyl (C=O) groups is 1. The van der Waals surface area contributed by atoms with Crippen molar-refractivity contribution in [3.63, 3.8) is 0 Å². The van der Waals surface area contributed by atoms with E-state index in [1.165, 1.54) is 29.5 Å². The average Bonchev–Trinajstić information content (AvgIpc) is 3.47. The van der Waals surface area contributed by atoms with Gasteiger partial charge in [0.25, 0.3) is 0 Å². The lowest BCUT2D eigenvalue weighted by Gasteiger charge is -2.38. The summed E-state index contributed by atoms with van der Waals surface area (Å²) in [6, 6.07) is 3.68. The van der Waals surface area contributed by atoms with Crippen LogP contribution in [0.4, 0.5) is 5.13 Å². The van der Waals surface area contributed by atoms with Gasteiger partial charge in [-0.2, -0.15) is 0 Å². The van der Waals surface area contributed by atoms with Gasteiger partial charge in [-0.15, -0.1) is 10.2 Å². The van der Waals surface area contributed by atoms with Crippen molar-refractivity contribution in [2.45, 2.75) is 61.5 Å². The van der Waals surface area contributed by atoms with Crippen LogP contribution < -0.4 is 5.32 Å². The normalized spacial score (nSPS) is 21.5. The lowest BCUT2D eigenvalue weighted by molar-refractivity contribution is -0.133. The van der Waals surface area contributed by atoms with Crippen LogP contribution in [0.5, 0.6) is 0 Å². The summed E-state index contributed by atoms with van der Waals surface area (Å²) in [6.07, 6.45) is 7.49. The minimum absolute atomic E-state index is 0.00861. The van der Waals surface area contributed by atoms with Gasteiger partial charge in [-0.3, -0.25) is 4.79 Å². The largest absolute Gasteiger partial charge is 0.467 e. The van der Waals surface area contributed by atoms with E-state index in [0.29, 0.717) is 22.4 Å². The molecule has 4 rings (SSSR count). The lowest BCUT2D eigenvalue weighted by Crippen LogP contribution is -2.49. The zero-order valence-electron chi connectivity index (χ0n) is 16.7. The van der Waals surface area contributed by atoms with E-state index in [0.717, 1.165) is 31.4 Å². The fourth-order valence-corrected chi connectivity index (χ4v) is 7.50. The molecule has 3 heterocycles. The van der Waals surface area contributed by atoms with Crippen LogP contribution in [0.2, 0.25) is 0 Å². The summed E-state index contributed by atoms with van der Waals surface area (Å²) in [4.78, 5) is 15.0. The van der Waals surface area contributed by atoms with E-state index in [2.05, 4.69) is 15.5 Å². The highest BCUT2D eigenvalue weighted by molar-refractivity contribution is 8.01. The molecule has 2 aromatic rings. The van der Waals surface area contributed by atoms with Gasteiger partial charge in [-0.05, 0) is 31.4 Å². The highest BCUT2D eigenvalue weighted by atomic mass is 32.2. The minimum Gasteiger partial charge on any atom is -0.467 e. The molecule has 2 aliphatic rings. The maximum absolute atomic E-state index is 13.1. The summed E-state index contributed by atoms with van der Waals surface area (Å²) in [5, 5.41) is 12.1. The molecule has 2 aromatic heterocycles. The monoisotopic (exact) mass is 470 g/mol. The first-order chi connectivity index (χ1) is 14.5. The van der Waals surface area contributed by atoms with Gasteiger partial charge in [0.15, 0.2) is 14.2 Å². The molecule has 1 unspecified atom stereocenters. The van der Waals surface area contributed by atoms with Crippen molar-refractivity contribution in [2.75, 3.05) is 22.6 Å². The summed E-state index contributed by atoms with van der Waals surface area (Å²) in [5.74, 6) is 1.35. The second kappa shape index (κ2) is 9.69. The molecule has 1 atom stereocenters. The van der Waals surface area contributed by atoms with Crippen molar-refractivity contribution in [1.82, 2.24) is 15.1 Å². The van der Waals surface area contributed by atoms with E-state index in [-0.39, 0.29) is 35.2 Å². The fourth-order valence-electron chi connectivity index (χ4n) is 4.17. The van der Waals surface area contributed by atoms with Crippen LogP contribution in [0.15, 0.2) is 27.2 Å². The van der Waals surface area contributed by atoms with E-state index in [4.69, 9.17) is 4.42 Å². The molecule has 0 aromatic carbocycles. The fraction of sp³-hybridized carbons (Fsp3) is 0.632. The third-order valence-electron chi connectivity index (χ3n) is 5.58. The highest BCUT2D eigenvalue weighted by Gasteiger charge is 2.38. The Hall–Kier alpha value is -1.59. The van der Waals surface area contributed by atoms with Crippen LogP contribution in [0.3, 0.4) is 0 Å². The number of nitrogens with zero attached hydrogens (tertiary/aromatic N) is 3. The molecular formula is C19H26N4O4S3. The standard InChI is InChI=1S/C19H26N4O4S3/c24-17(12-28-19-22-21-18(29-19)20-11-16-7-4-9-27-16)23(14-5-2-1-3-6-14)15-8-10-30(25,26)13-15/h4,7,9,14-15H,1-3,5-6,8,10-13H2,(H,20,21). The van der Waals surface area contributed by atoms with Gasteiger partial charge in [0.05, 0.1) is 30.1 Å². The molecule has 1 aliphatic heterocycles. The molecule has 0 spiro atoms. The van der Waals surface area contributed by atoms with E-state index in [1.807, 2.05) is 17.0 Å². The van der Waals surface area contributed by atoms with Crippen LogP contribution >= 0.6 is 23.1 Å². The van der Waals surface area contributed by atoms with Crippen LogP contribution in [0.25, 0.3) is 0 Å². The predicted octanol–water partition coefficient (Wildman–Crippen LogP) is 3.18. The van der Waals surface area contributed by atoms with E-state index in [9.17, 15) is 13.2 Å². The smallest absolute Gasteiger partial charge is 0.233 e. The summed E-state index contributed by atoms with van der Waals surface area (Å²) in [5.41, 5.74) is 0. The van der Waals surface area contributed by atoms with Crippen molar-refractivity contribution in [3.8, 4) is 0 Å². The maximum atomic E-state index is 13.1. The number of carbonyl (C=O) groups excluding carboxylic acids is 1. The van der Waals surface area contributed by atoms with Gasteiger partial charge in [0.1, 0.15) is 5.76 Å². The molecular weight excluding hydrogens is 444 g/mol. The van der Waals surface area contributed by atoms with Gasteiger partial charge in [0.2, 0.25) is 11.0 Å². The summed E-state index contributed by atoms with van der Waals surface area (Å²) in [6.45, 7) is 0.525. The number of anilines is 1. The van der Waals surface area contributed by atoms with E-state index in [1.54, 1.807) is 6.26 Å². The van der Waals surface area contributed by atoms with Crippen molar-refractivity contribution < 1.29 is 17.6 Å². The molecule has 2 fully saturated rings. The lowest BCUT2D eigenvalue weighted by atomic mass is 9.93. The first-order valence-electron chi connectivity index (χ1n) is 10.2. The Labute approximate surface area is 184 Å². The molecule has 0 bridgehead atoms. The second-order valence-corrected chi connectivity index (χ2v) is 12.2. The predicted molar refractivity (Wildman–Crippen MR) is 117 cm³/mol.